The monoisotopic (exact) mass is 162 g/mol. The molecule has 0 radical (unpaired) electrons. The second kappa shape index (κ2) is 7.42. The lowest BCUT2D eigenvalue weighted by Crippen LogP contribution is -1.97. The van der Waals surface area contributed by atoms with Gasteiger partial charge in [0.15, 0.2) is 0 Å². The molecule has 0 aromatic heterocycles. The first kappa shape index (κ1) is 10.3. The summed E-state index contributed by atoms with van der Waals surface area (Å²) in [5.41, 5.74) is 0. The van der Waals surface area contributed by atoms with Crippen molar-refractivity contribution in [2.45, 2.75) is 38.4 Å². The van der Waals surface area contributed by atoms with Crippen LogP contribution >= 0.6 is 11.8 Å². The van der Waals surface area contributed by atoms with E-state index >= 15 is 0 Å². The minimum absolute atomic E-state index is 0.339. The Labute approximate surface area is 68.2 Å². The number of hydrogen-bond donors (Lipinski definition) is 1. The maximum Gasteiger partial charge on any atom is 0.0438 e. The zero-order valence-electron chi connectivity index (χ0n) is 6.97. The van der Waals surface area contributed by atoms with E-state index in [1.54, 1.807) is 0 Å². The second-order valence-corrected chi connectivity index (χ2v) is 4.09. The molecule has 0 saturated carbocycles. The van der Waals surface area contributed by atoms with Gasteiger partial charge < -0.3 is 5.11 Å². The highest BCUT2D eigenvalue weighted by Crippen LogP contribution is 2.15. The fourth-order valence-electron chi connectivity index (χ4n) is 0.839. The topological polar surface area (TPSA) is 20.2 Å². The molecule has 1 nitrogen and oxygen atoms in total. The Kier molecular flexibility index (Phi) is 7.65. The summed E-state index contributed by atoms with van der Waals surface area (Å²) in [5, 5.41) is 9.27. The van der Waals surface area contributed by atoms with Crippen LogP contribution in [0.25, 0.3) is 0 Å². The molecule has 1 N–H and O–H groups in total. The number of thioether (sulfide) groups is 1. The number of aliphatic hydroxyl groups is 1. The third-order valence-electron chi connectivity index (χ3n) is 1.40. The predicted molar refractivity (Wildman–Crippen MR) is 48.5 cm³/mol. The Morgan fingerprint density at radius 2 is 2.20 bits per heavy atom. The lowest BCUT2D eigenvalue weighted by Gasteiger charge is -2.07. The van der Waals surface area contributed by atoms with E-state index in [1.807, 2.05) is 11.8 Å². The highest BCUT2D eigenvalue weighted by molar-refractivity contribution is 7.99. The number of hydrogen-bond acceptors (Lipinski definition) is 2. The van der Waals surface area contributed by atoms with E-state index in [0.717, 1.165) is 17.4 Å². The molecule has 2 heteroatoms. The van der Waals surface area contributed by atoms with Gasteiger partial charge >= 0.3 is 0 Å². The zero-order valence-corrected chi connectivity index (χ0v) is 7.78. The van der Waals surface area contributed by atoms with Gasteiger partial charge in [-0.15, -0.1) is 0 Å². The molecule has 0 aromatic rings. The zero-order chi connectivity index (χ0) is 7.82. The van der Waals surface area contributed by atoms with Crippen molar-refractivity contribution in [2.24, 2.45) is 0 Å². The molecule has 0 fully saturated rings. The van der Waals surface area contributed by atoms with Gasteiger partial charge in [-0.05, 0) is 18.6 Å². The van der Waals surface area contributed by atoms with E-state index in [4.69, 9.17) is 5.11 Å². The molecular formula is C8H18OS. The van der Waals surface area contributed by atoms with Crippen LogP contribution in [0, 0.1) is 0 Å². The molecule has 0 aliphatic rings. The molecule has 0 amide bonds. The SMILES string of the molecule is CCCC(C)SCCCO. The molecular weight excluding hydrogens is 144 g/mol. The van der Waals surface area contributed by atoms with Crippen molar-refractivity contribution >= 4 is 11.8 Å². The average molecular weight is 162 g/mol. The Balaban J connectivity index is 2.97. The van der Waals surface area contributed by atoms with Gasteiger partial charge in [0, 0.05) is 11.9 Å². The highest BCUT2D eigenvalue weighted by Gasteiger charge is 1.98. The van der Waals surface area contributed by atoms with E-state index in [1.165, 1.54) is 12.8 Å². The molecule has 1 atom stereocenters. The predicted octanol–water partition coefficient (Wildman–Crippen LogP) is 2.29. The van der Waals surface area contributed by atoms with Crippen LogP contribution in [0.15, 0.2) is 0 Å². The molecule has 0 saturated heterocycles. The summed E-state index contributed by atoms with van der Waals surface area (Å²) in [5.74, 6) is 1.11. The lowest BCUT2D eigenvalue weighted by molar-refractivity contribution is 0.296. The summed E-state index contributed by atoms with van der Waals surface area (Å²) in [6.07, 6.45) is 3.52. The summed E-state index contributed by atoms with van der Waals surface area (Å²) >= 11 is 1.97. The lowest BCUT2D eigenvalue weighted by atomic mass is 10.3. The van der Waals surface area contributed by atoms with Gasteiger partial charge in [0.25, 0.3) is 0 Å². The molecule has 0 aliphatic carbocycles. The van der Waals surface area contributed by atoms with Gasteiger partial charge in [-0.2, -0.15) is 11.8 Å². The van der Waals surface area contributed by atoms with Gasteiger partial charge in [-0.1, -0.05) is 20.3 Å². The molecule has 0 bridgehead atoms. The van der Waals surface area contributed by atoms with E-state index in [-0.39, 0.29) is 0 Å². The normalized spacial score (nSPS) is 13.5. The van der Waals surface area contributed by atoms with E-state index in [9.17, 15) is 0 Å². The molecule has 0 aliphatic heterocycles. The third kappa shape index (κ3) is 6.43. The molecule has 0 rings (SSSR count). The van der Waals surface area contributed by atoms with E-state index in [0.29, 0.717) is 6.61 Å². The average Bonchev–Trinajstić information content (AvgIpc) is 1.89. The van der Waals surface area contributed by atoms with Crippen molar-refractivity contribution in [3.63, 3.8) is 0 Å². The summed E-state index contributed by atoms with van der Waals surface area (Å²) in [6.45, 7) is 4.81. The first-order chi connectivity index (χ1) is 4.81. The summed E-state index contributed by atoms with van der Waals surface area (Å²) in [7, 11) is 0. The minimum atomic E-state index is 0.339. The molecule has 0 aromatic carbocycles. The van der Waals surface area contributed by atoms with Crippen molar-refractivity contribution < 1.29 is 5.11 Å². The summed E-state index contributed by atoms with van der Waals surface area (Å²) in [4.78, 5) is 0. The van der Waals surface area contributed by atoms with Gasteiger partial charge in [0.05, 0.1) is 0 Å². The van der Waals surface area contributed by atoms with Crippen LogP contribution in [0.5, 0.6) is 0 Å². The van der Waals surface area contributed by atoms with E-state index in [2.05, 4.69) is 13.8 Å². The van der Waals surface area contributed by atoms with Crippen molar-refractivity contribution in [3.05, 3.63) is 0 Å². The quantitative estimate of drug-likeness (QED) is 0.605. The van der Waals surface area contributed by atoms with Crippen molar-refractivity contribution in [2.75, 3.05) is 12.4 Å². The van der Waals surface area contributed by atoms with Crippen LogP contribution in [0.2, 0.25) is 0 Å². The molecule has 10 heavy (non-hydrogen) atoms. The highest BCUT2D eigenvalue weighted by atomic mass is 32.2. The summed E-state index contributed by atoms with van der Waals surface area (Å²) < 4.78 is 0. The summed E-state index contributed by atoms with van der Waals surface area (Å²) in [6, 6.07) is 0. The van der Waals surface area contributed by atoms with Crippen molar-refractivity contribution in [1.29, 1.82) is 0 Å². The minimum Gasteiger partial charge on any atom is -0.396 e. The maximum atomic E-state index is 8.50. The van der Waals surface area contributed by atoms with Crippen molar-refractivity contribution in [1.82, 2.24) is 0 Å². The van der Waals surface area contributed by atoms with Crippen molar-refractivity contribution in [3.8, 4) is 0 Å². The third-order valence-corrected chi connectivity index (χ3v) is 2.73. The fraction of sp³-hybridized carbons (Fsp3) is 1.00. The fourth-order valence-corrected chi connectivity index (χ4v) is 1.94. The Bertz CT molecular complexity index is 66.3. The van der Waals surface area contributed by atoms with Gasteiger partial charge in [-0.3, -0.25) is 0 Å². The van der Waals surface area contributed by atoms with Crippen LogP contribution < -0.4 is 0 Å². The van der Waals surface area contributed by atoms with Gasteiger partial charge in [0.2, 0.25) is 0 Å². The number of rotatable bonds is 6. The second-order valence-electron chi connectivity index (χ2n) is 2.55. The van der Waals surface area contributed by atoms with E-state index < -0.39 is 0 Å². The van der Waals surface area contributed by atoms with Crippen LogP contribution in [-0.4, -0.2) is 22.7 Å². The molecule has 62 valence electrons. The molecule has 0 spiro atoms. The maximum absolute atomic E-state index is 8.50. The van der Waals surface area contributed by atoms with Crippen LogP contribution in [0.3, 0.4) is 0 Å². The number of aliphatic hydroxyl groups excluding tert-OH is 1. The standard InChI is InChI=1S/C8H18OS/c1-3-5-8(2)10-7-4-6-9/h8-9H,3-7H2,1-2H3. The van der Waals surface area contributed by atoms with Crippen LogP contribution in [-0.2, 0) is 0 Å². The largest absolute Gasteiger partial charge is 0.396 e. The Morgan fingerprint density at radius 3 is 2.70 bits per heavy atom. The van der Waals surface area contributed by atoms with Gasteiger partial charge in [0.1, 0.15) is 0 Å². The van der Waals surface area contributed by atoms with Crippen LogP contribution in [0.4, 0.5) is 0 Å². The Hall–Kier alpha value is 0.310. The Morgan fingerprint density at radius 1 is 1.50 bits per heavy atom. The van der Waals surface area contributed by atoms with Gasteiger partial charge in [-0.25, -0.2) is 0 Å². The molecule has 1 unspecified atom stereocenters. The smallest absolute Gasteiger partial charge is 0.0438 e. The molecule has 0 heterocycles. The first-order valence-electron chi connectivity index (χ1n) is 4.03. The first-order valence-corrected chi connectivity index (χ1v) is 5.08. The van der Waals surface area contributed by atoms with Crippen LogP contribution in [0.1, 0.15) is 33.1 Å².